The molecule has 0 radical (unpaired) electrons. The van der Waals surface area contributed by atoms with E-state index in [9.17, 15) is 4.79 Å². The van der Waals surface area contributed by atoms with E-state index in [1.54, 1.807) is 12.1 Å². The van der Waals surface area contributed by atoms with E-state index in [0.717, 1.165) is 16.5 Å². The van der Waals surface area contributed by atoms with Crippen LogP contribution < -0.4 is 10.4 Å². The van der Waals surface area contributed by atoms with Crippen LogP contribution in [0, 0.1) is 6.92 Å². The van der Waals surface area contributed by atoms with Gasteiger partial charge in [0.25, 0.3) is 0 Å². The average Bonchev–Trinajstić information content (AvgIpc) is 2.58. The highest BCUT2D eigenvalue weighted by molar-refractivity contribution is 6.33. The van der Waals surface area contributed by atoms with Crippen molar-refractivity contribution >= 4 is 34.2 Å². The summed E-state index contributed by atoms with van der Waals surface area (Å²) in [4.78, 5) is 12.4. The zero-order chi connectivity index (χ0) is 18.0. The lowest BCUT2D eigenvalue weighted by Crippen LogP contribution is -2.11. The highest BCUT2D eigenvalue weighted by Crippen LogP contribution is 2.32. The number of hydrogen-bond acceptors (Lipinski definition) is 3. The van der Waals surface area contributed by atoms with Gasteiger partial charge in [-0.3, -0.25) is 0 Å². The first-order valence-electron chi connectivity index (χ1n) is 7.71. The maximum absolute atomic E-state index is 12.4. The van der Waals surface area contributed by atoms with Crippen molar-refractivity contribution < 1.29 is 9.15 Å². The average molecular weight is 375 g/mol. The summed E-state index contributed by atoms with van der Waals surface area (Å²) in [6.07, 6.45) is 0.507. The van der Waals surface area contributed by atoms with Crippen LogP contribution in [0.2, 0.25) is 5.02 Å². The van der Waals surface area contributed by atoms with Crippen molar-refractivity contribution in [1.82, 2.24) is 0 Å². The van der Waals surface area contributed by atoms with Crippen LogP contribution >= 0.6 is 23.2 Å². The molecule has 5 heteroatoms. The topological polar surface area (TPSA) is 39.4 Å². The van der Waals surface area contributed by atoms with E-state index >= 15 is 0 Å². The number of ether oxygens (including phenoxy) is 1. The Morgan fingerprint density at radius 3 is 2.64 bits per heavy atom. The Kier molecular flexibility index (Phi) is 5.16. The summed E-state index contributed by atoms with van der Waals surface area (Å²) in [6, 6.07) is 13.1. The summed E-state index contributed by atoms with van der Waals surface area (Å²) >= 11 is 12.0. The van der Waals surface area contributed by atoms with Gasteiger partial charge in [0.2, 0.25) is 0 Å². The third kappa shape index (κ3) is 3.89. The summed E-state index contributed by atoms with van der Waals surface area (Å²) < 4.78 is 11.0. The van der Waals surface area contributed by atoms with Gasteiger partial charge in [-0.2, -0.15) is 0 Å². The Labute approximate surface area is 155 Å². The molecule has 0 N–H and O–H groups in total. The Hall–Kier alpha value is -2.23. The van der Waals surface area contributed by atoms with Gasteiger partial charge >= 0.3 is 5.63 Å². The van der Waals surface area contributed by atoms with Crippen molar-refractivity contribution in [2.24, 2.45) is 0 Å². The second-order valence-electron chi connectivity index (χ2n) is 5.74. The van der Waals surface area contributed by atoms with Gasteiger partial charge in [0.05, 0.1) is 5.02 Å². The summed E-state index contributed by atoms with van der Waals surface area (Å²) in [6.45, 7) is 5.59. The fraction of sp³-hybridized carbons (Fsp3) is 0.150. The zero-order valence-corrected chi connectivity index (χ0v) is 15.2. The predicted octanol–water partition coefficient (Wildman–Crippen LogP) is 5.48. The minimum Gasteiger partial charge on any atom is -0.486 e. The molecular formula is C20H16Cl2O3. The van der Waals surface area contributed by atoms with E-state index in [0.29, 0.717) is 33.4 Å². The van der Waals surface area contributed by atoms with Crippen LogP contribution in [-0.4, -0.2) is 6.61 Å². The second-order valence-corrected chi connectivity index (χ2v) is 6.68. The standard InChI is InChI=1S/C20H16Cl2O3/c1-12(21)11-24-19-10-18-15(9-17(19)22)13(2)16(20(23)25-18)8-14-6-4-3-5-7-14/h3-7,9-10H,1,8,11H2,2H3. The Morgan fingerprint density at radius 1 is 1.24 bits per heavy atom. The van der Waals surface area contributed by atoms with Crippen molar-refractivity contribution in [3.8, 4) is 5.75 Å². The Bertz CT molecular complexity index is 991. The fourth-order valence-electron chi connectivity index (χ4n) is 2.66. The zero-order valence-electron chi connectivity index (χ0n) is 13.6. The maximum Gasteiger partial charge on any atom is 0.340 e. The lowest BCUT2D eigenvalue weighted by Gasteiger charge is -2.11. The van der Waals surface area contributed by atoms with Crippen LogP contribution in [0.1, 0.15) is 16.7 Å². The summed E-state index contributed by atoms with van der Waals surface area (Å²) in [7, 11) is 0. The third-order valence-electron chi connectivity index (χ3n) is 3.95. The lowest BCUT2D eigenvalue weighted by atomic mass is 9.99. The van der Waals surface area contributed by atoms with Gasteiger partial charge in [-0.15, -0.1) is 0 Å². The first-order valence-corrected chi connectivity index (χ1v) is 8.47. The molecule has 2 aromatic carbocycles. The van der Waals surface area contributed by atoms with Crippen LogP contribution in [0.15, 0.2) is 63.3 Å². The monoisotopic (exact) mass is 374 g/mol. The molecule has 0 aliphatic rings. The second kappa shape index (κ2) is 7.34. The smallest absolute Gasteiger partial charge is 0.340 e. The number of aryl methyl sites for hydroxylation is 1. The molecule has 0 aliphatic carbocycles. The number of fused-ring (bicyclic) bond motifs is 1. The molecule has 0 saturated heterocycles. The van der Waals surface area contributed by atoms with E-state index in [1.807, 2.05) is 37.3 Å². The summed E-state index contributed by atoms with van der Waals surface area (Å²) in [5.41, 5.74) is 2.59. The van der Waals surface area contributed by atoms with Crippen molar-refractivity contribution in [2.75, 3.05) is 6.61 Å². The van der Waals surface area contributed by atoms with Crippen LogP contribution in [0.25, 0.3) is 11.0 Å². The van der Waals surface area contributed by atoms with Crippen molar-refractivity contribution in [3.05, 3.63) is 86.2 Å². The number of benzene rings is 2. The minimum atomic E-state index is -0.358. The molecule has 128 valence electrons. The molecule has 0 bridgehead atoms. The van der Waals surface area contributed by atoms with Crippen molar-refractivity contribution in [2.45, 2.75) is 13.3 Å². The minimum absolute atomic E-state index is 0.127. The van der Waals surface area contributed by atoms with E-state index in [2.05, 4.69) is 6.58 Å². The largest absolute Gasteiger partial charge is 0.486 e. The van der Waals surface area contributed by atoms with Gasteiger partial charge in [-0.05, 0) is 24.1 Å². The molecule has 3 nitrogen and oxygen atoms in total. The molecule has 3 aromatic rings. The molecule has 0 atom stereocenters. The molecular weight excluding hydrogens is 359 g/mol. The van der Waals surface area contributed by atoms with Crippen LogP contribution in [0.5, 0.6) is 5.75 Å². The molecule has 0 aliphatic heterocycles. The summed E-state index contributed by atoms with van der Waals surface area (Å²) in [5, 5.41) is 1.56. The SMILES string of the molecule is C=C(Cl)COc1cc2oc(=O)c(Cc3ccccc3)c(C)c2cc1Cl. The molecule has 1 heterocycles. The highest BCUT2D eigenvalue weighted by atomic mass is 35.5. The molecule has 0 saturated carbocycles. The Morgan fingerprint density at radius 2 is 1.96 bits per heavy atom. The van der Waals surface area contributed by atoms with Crippen LogP contribution in [0.4, 0.5) is 0 Å². The molecule has 25 heavy (non-hydrogen) atoms. The molecule has 1 aromatic heterocycles. The van der Waals surface area contributed by atoms with Gasteiger partial charge in [0.15, 0.2) is 0 Å². The lowest BCUT2D eigenvalue weighted by molar-refractivity contribution is 0.359. The Balaban J connectivity index is 2.06. The molecule has 3 rings (SSSR count). The predicted molar refractivity (Wildman–Crippen MR) is 102 cm³/mol. The number of hydrogen-bond donors (Lipinski definition) is 0. The quantitative estimate of drug-likeness (QED) is 0.555. The molecule has 0 fully saturated rings. The van der Waals surface area contributed by atoms with Crippen molar-refractivity contribution in [1.29, 1.82) is 0 Å². The van der Waals surface area contributed by atoms with Crippen LogP contribution in [-0.2, 0) is 6.42 Å². The van der Waals surface area contributed by atoms with E-state index in [1.165, 1.54) is 0 Å². The first-order chi connectivity index (χ1) is 12.0. The maximum atomic E-state index is 12.4. The highest BCUT2D eigenvalue weighted by Gasteiger charge is 2.15. The number of halogens is 2. The first kappa shape index (κ1) is 17.6. The van der Waals surface area contributed by atoms with Crippen molar-refractivity contribution in [3.63, 3.8) is 0 Å². The fourth-order valence-corrected chi connectivity index (χ4v) is 2.93. The van der Waals surface area contributed by atoms with E-state index < -0.39 is 0 Å². The van der Waals surface area contributed by atoms with Crippen LogP contribution in [0.3, 0.4) is 0 Å². The number of rotatable bonds is 5. The van der Waals surface area contributed by atoms with Gasteiger partial charge in [0.1, 0.15) is 17.9 Å². The molecule has 0 unspecified atom stereocenters. The summed E-state index contributed by atoms with van der Waals surface area (Å²) in [5.74, 6) is 0.398. The molecule has 0 amide bonds. The van der Waals surface area contributed by atoms with Gasteiger partial charge in [-0.1, -0.05) is 60.1 Å². The van der Waals surface area contributed by atoms with Gasteiger partial charge < -0.3 is 9.15 Å². The third-order valence-corrected chi connectivity index (χ3v) is 4.35. The molecule has 0 spiro atoms. The normalized spacial score (nSPS) is 10.8. The van der Waals surface area contributed by atoms with Gasteiger partial charge in [0, 0.05) is 28.5 Å². The van der Waals surface area contributed by atoms with E-state index in [-0.39, 0.29) is 12.2 Å². The van der Waals surface area contributed by atoms with E-state index in [4.69, 9.17) is 32.4 Å². The van der Waals surface area contributed by atoms with Gasteiger partial charge in [-0.25, -0.2) is 4.79 Å².